The lowest BCUT2D eigenvalue weighted by Gasteiger charge is -2.32. The first-order valence-electron chi connectivity index (χ1n) is 5.80. The topological polar surface area (TPSA) is 32.7 Å². The first-order valence-corrected chi connectivity index (χ1v) is 6.61. The number of hydrogen-bond acceptors (Lipinski definition) is 4. The Morgan fingerprint density at radius 1 is 1.59 bits per heavy atom. The number of hydrogen-bond donors (Lipinski definition) is 1. The highest BCUT2D eigenvalue weighted by atomic mass is 32.1. The summed E-state index contributed by atoms with van der Waals surface area (Å²) < 4.78 is 5.42. The molecular weight excluding hydrogens is 234 g/mol. The van der Waals surface area contributed by atoms with Crippen LogP contribution in [0.1, 0.15) is 16.7 Å². The molecule has 0 bridgehead atoms. The van der Waals surface area contributed by atoms with E-state index in [0.717, 1.165) is 31.2 Å². The third-order valence-corrected chi connectivity index (χ3v) is 3.80. The number of ether oxygens (including phenoxy) is 1. The molecule has 1 saturated heterocycles. The van der Waals surface area contributed by atoms with Gasteiger partial charge in [0.05, 0.1) is 18.1 Å². The summed E-state index contributed by atoms with van der Waals surface area (Å²) in [6.45, 7) is 5.73. The SMILES string of the molecule is CC1COCCN1Cc1ccc(C#CCO)s1. The van der Waals surface area contributed by atoms with Crippen molar-refractivity contribution in [3.63, 3.8) is 0 Å². The second-order valence-corrected chi connectivity index (χ2v) is 5.29. The average Bonchev–Trinajstić information content (AvgIpc) is 2.77. The Labute approximate surface area is 106 Å². The lowest BCUT2D eigenvalue weighted by Crippen LogP contribution is -2.42. The standard InChI is InChI=1S/C13H17NO2S/c1-11-10-16-8-6-14(11)9-13-5-4-12(17-13)3-2-7-15/h4-5,11,15H,6-10H2,1H3. The van der Waals surface area contributed by atoms with Gasteiger partial charge in [-0.25, -0.2) is 0 Å². The number of nitrogens with zero attached hydrogens (tertiary/aromatic N) is 1. The van der Waals surface area contributed by atoms with Crippen molar-refractivity contribution in [3.05, 3.63) is 21.9 Å². The van der Waals surface area contributed by atoms with E-state index in [4.69, 9.17) is 9.84 Å². The van der Waals surface area contributed by atoms with Gasteiger partial charge in [-0.2, -0.15) is 0 Å². The molecule has 1 atom stereocenters. The minimum atomic E-state index is -0.0757. The Bertz CT molecular complexity index is 419. The summed E-state index contributed by atoms with van der Waals surface area (Å²) in [5.74, 6) is 5.61. The van der Waals surface area contributed by atoms with E-state index in [2.05, 4.69) is 29.7 Å². The van der Waals surface area contributed by atoms with Crippen molar-refractivity contribution < 1.29 is 9.84 Å². The predicted octanol–water partition coefficient (Wildman–Crippen LogP) is 1.31. The normalized spacial score (nSPS) is 20.9. The van der Waals surface area contributed by atoms with Crippen LogP contribution in [0.3, 0.4) is 0 Å². The maximum atomic E-state index is 8.64. The molecule has 1 aromatic heterocycles. The Kier molecular flexibility index (Phi) is 4.57. The summed E-state index contributed by atoms with van der Waals surface area (Å²) in [6.07, 6.45) is 0. The van der Waals surface area contributed by atoms with Crippen LogP contribution >= 0.6 is 11.3 Å². The van der Waals surface area contributed by atoms with E-state index in [-0.39, 0.29) is 6.61 Å². The molecule has 17 heavy (non-hydrogen) atoms. The highest BCUT2D eigenvalue weighted by molar-refractivity contribution is 7.12. The second-order valence-electron chi connectivity index (χ2n) is 4.12. The van der Waals surface area contributed by atoms with Gasteiger partial charge in [-0.1, -0.05) is 11.8 Å². The molecule has 4 heteroatoms. The summed E-state index contributed by atoms with van der Waals surface area (Å²) in [5.41, 5.74) is 0. The molecule has 1 aromatic rings. The van der Waals surface area contributed by atoms with Gasteiger partial charge in [0.2, 0.25) is 0 Å². The van der Waals surface area contributed by atoms with Gasteiger partial charge >= 0.3 is 0 Å². The molecule has 1 N–H and O–H groups in total. The molecule has 1 fully saturated rings. The molecule has 0 radical (unpaired) electrons. The number of aliphatic hydroxyl groups excluding tert-OH is 1. The predicted molar refractivity (Wildman–Crippen MR) is 69.0 cm³/mol. The molecule has 3 nitrogen and oxygen atoms in total. The van der Waals surface area contributed by atoms with Crippen molar-refractivity contribution in [2.75, 3.05) is 26.4 Å². The zero-order valence-corrected chi connectivity index (χ0v) is 10.8. The van der Waals surface area contributed by atoms with Gasteiger partial charge in [0.25, 0.3) is 0 Å². The Hall–Kier alpha value is -0.860. The molecule has 1 aliphatic rings. The van der Waals surface area contributed by atoms with Gasteiger partial charge in [-0.3, -0.25) is 4.90 Å². The quantitative estimate of drug-likeness (QED) is 0.805. The zero-order valence-electron chi connectivity index (χ0n) is 9.98. The van der Waals surface area contributed by atoms with Crippen molar-refractivity contribution in [3.8, 4) is 11.8 Å². The van der Waals surface area contributed by atoms with Crippen LogP contribution in [0.2, 0.25) is 0 Å². The van der Waals surface area contributed by atoms with Gasteiger partial charge in [0.15, 0.2) is 0 Å². The van der Waals surface area contributed by atoms with Gasteiger partial charge in [0, 0.05) is 24.0 Å². The Morgan fingerprint density at radius 3 is 3.24 bits per heavy atom. The van der Waals surface area contributed by atoms with Crippen molar-refractivity contribution in [2.45, 2.75) is 19.5 Å². The third-order valence-electron chi connectivity index (χ3n) is 2.82. The molecule has 1 unspecified atom stereocenters. The maximum absolute atomic E-state index is 8.64. The van der Waals surface area contributed by atoms with Crippen LogP contribution in [0.4, 0.5) is 0 Å². The fourth-order valence-corrected chi connectivity index (χ4v) is 2.76. The minimum Gasteiger partial charge on any atom is -0.384 e. The van der Waals surface area contributed by atoms with E-state index in [1.807, 2.05) is 6.07 Å². The van der Waals surface area contributed by atoms with E-state index < -0.39 is 0 Å². The van der Waals surface area contributed by atoms with E-state index in [1.165, 1.54) is 4.88 Å². The molecular formula is C13H17NO2S. The molecule has 0 aromatic carbocycles. The monoisotopic (exact) mass is 251 g/mol. The first-order chi connectivity index (χ1) is 8.29. The van der Waals surface area contributed by atoms with E-state index in [0.29, 0.717) is 6.04 Å². The maximum Gasteiger partial charge on any atom is 0.104 e. The van der Waals surface area contributed by atoms with Crippen LogP contribution in [0.5, 0.6) is 0 Å². The number of morpholine rings is 1. The first kappa shape index (κ1) is 12.6. The Morgan fingerprint density at radius 2 is 2.47 bits per heavy atom. The second kappa shape index (κ2) is 6.18. The number of rotatable bonds is 2. The van der Waals surface area contributed by atoms with Crippen molar-refractivity contribution in [1.29, 1.82) is 0 Å². The zero-order chi connectivity index (χ0) is 12.1. The minimum absolute atomic E-state index is 0.0757. The summed E-state index contributed by atoms with van der Waals surface area (Å²) in [5, 5.41) is 8.64. The van der Waals surface area contributed by atoms with Crippen LogP contribution in [-0.2, 0) is 11.3 Å². The molecule has 0 aliphatic carbocycles. The van der Waals surface area contributed by atoms with Crippen molar-refractivity contribution in [2.24, 2.45) is 0 Å². The van der Waals surface area contributed by atoms with E-state index in [1.54, 1.807) is 11.3 Å². The van der Waals surface area contributed by atoms with Gasteiger partial charge < -0.3 is 9.84 Å². The van der Waals surface area contributed by atoms with Gasteiger partial charge in [-0.15, -0.1) is 11.3 Å². The fraction of sp³-hybridized carbons (Fsp3) is 0.538. The lowest BCUT2D eigenvalue weighted by atomic mass is 10.2. The molecule has 0 spiro atoms. The van der Waals surface area contributed by atoms with Crippen molar-refractivity contribution >= 4 is 11.3 Å². The smallest absolute Gasteiger partial charge is 0.104 e. The number of aliphatic hydroxyl groups is 1. The molecule has 0 amide bonds. The fourth-order valence-electron chi connectivity index (χ4n) is 1.85. The summed E-state index contributed by atoms with van der Waals surface area (Å²) in [7, 11) is 0. The van der Waals surface area contributed by atoms with Crippen LogP contribution in [0.25, 0.3) is 0 Å². The summed E-state index contributed by atoms with van der Waals surface area (Å²) >= 11 is 1.70. The number of thiophene rings is 1. The highest BCUT2D eigenvalue weighted by Gasteiger charge is 2.19. The largest absolute Gasteiger partial charge is 0.384 e. The van der Waals surface area contributed by atoms with E-state index >= 15 is 0 Å². The lowest BCUT2D eigenvalue weighted by molar-refractivity contribution is -0.00391. The molecule has 92 valence electrons. The van der Waals surface area contributed by atoms with Gasteiger partial charge in [-0.05, 0) is 19.1 Å². The molecule has 1 aliphatic heterocycles. The Balaban J connectivity index is 1.96. The summed E-state index contributed by atoms with van der Waals surface area (Å²) in [4.78, 5) is 4.77. The average molecular weight is 251 g/mol. The highest BCUT2D eigenvalue weighted by Crippen LogP contribution is 2.19. The van der Waals surface area contributed by atoms with Crippen molar-refractivity contribution in [1.82, 2.24) is 4.90 Å². The molecule has 2 heterocycles. The van der Waals surface area contributed by atoms with Crippen LogP contribution in [-0.4, -0.2) is 42.4 Å². The molecule has 2 rings (SSSR count). The van der Waals surface area contributed by atoms with Crippen LogP contribution in [0.15, 0.2) is 12.1 Å². The van der Waals surface area contributed by atoms with Gasteiger partial charge in [0.1, 0.15) is 6.61 Å². The molecule has 0 saturated carbocycles. The third kappa shape index (κ3) is 3.55. The van der Waals surface area contributed by atoms with Crippen LogP contribution < -0.4 is 0 Å². The van der Waals surface area contributed by atoms with E-state index in [9.17, 15) is 0 Å². The summed E-state index contributed by atoms with van der Waals surface area (Å²) in [6, 6.07) is 4.62. The van der Waals surface area contributed by atoms with Crippen LogP contribution in [0, 0.1) is 11.8 Å².